The molecular weight excluding hydrogens is 532 g/mol. The fourth-order valence-corrected chi connectivity index (χ4v) is 5.50. The lowest BCUT2D eigenvalue weighted by Crippen LogP contribution is -2.49. The maximum Gasteiger partial charge on any atom is 0.254 e. The third-order valence-corrected chi connectivity index (χ3v) is 7.69. The third-order valence-electron chi connectivity index (χ3n) is 7.69. The van der Waals surface area contributed by atoms with Gasteiger partial charge < -0.3 is 30.2 Å². The van der Waals surface area contributed by atoms with Crippen LogP contribution < -0.4 is 15.5 Å². The second-order valence-corrected chi connectivity index (χ2v) is 10.5. The second-order valence-electron chi connectivity index (χ2n) is 10.5. The highest BCUT2D eigenvalue weighted by Gasteiger charge is 2.25. The summed E-state index contributed by atoms with van der Waals surface area (Å²) in [6.45, 7) is 8.15. The number of aromatic amines is 1. The number of carbonyl (C=O) groups is 2. The number of nitrogens with one attached hydrogen (secondary N) is 3. The van der Waals surface area contributed by atoms with E-state index in [4.69, 9.17) is 4.74 Å². The van der Waals surface area contributed by atoms with Gasteiger partial charge in [-0.15, -0.1) is 0 Å². The molecule has 0 spiro atoms. The van der Waals surface area contributed by atoms with Gasteiger partial charge in [-0.1, -0.05) is 18.7 Å². The predicted octanol–water partition coefficient (Wildman–Crippen LogP) is 3.38. The zero-order chi connectivity index (χ0) is 28.9. The van der Waals surface area contributed by atoms with Gasteiger partial charge in [0.2, 0.25) is 5.91 Å². The molecule has 11 nitrogen and oxygen atoms in total. The zero-order valence-corrected chi connectivity index (χ0v) is 23.4. The standard InChI is InChI=1S/C31H34N8O3/c1-2-28(40)36-24-4-3-11-39(19-24)31(41)22-9-10-32-25(16-22)18-33-23-7-5-21(6-8-23)27-17-26-29(37-27)34-20-35-30(26)38-12-14-42-15-13-38/h2,5-10,16-17,20,24,33H,1,3-4,11-15,18-19H2,(H,36,40)(H,34,35,37). The Balaban J connectivity index is 1.09. The number of likely N-dealkylation sites (tertiary alicyclic amines) is 1. The van der Waals surface area contributed by atoms with Crippen LogP contribution in [0, 0.1) is 0 Å². The van der Waals surface area contributed by atoms with E-state index >= 15 is 0 Å². The molecule has 2 fully saturated rings. The summed E-state index contributed by atoms with van der Waals surface area (Å²) in [5.41, 5.74) is 5.13. The van der Waals surface area contributed by atoms with Crippen LogP contribution in [-0.4, -0.2) is 82.1 Å². The van der Waals surface area contributed by atoms with Crippen LogP contribution in [0.5, 0.6) is 0 Å². The Bertz CT molecular complexity index is 1580. The molecule has 2 aliphatic rings. The van der Waals surface area contributed by atoms with Crippen molar-refractivity contribution in [2.24, 2.45) is 0 Å². The van der Waals surface area contributed by atoms with Gasteiger partial charge in [0.15, 0.2) is 0 Å². The first-order valence-corrected chi connectivity index (χ1v) is 14.3. The number of morpholine rings is 1. The monoisotopic (exact) mass is 566 g/mol. The number of nitrogens with zero attached hydrogens (tertiary/aromatic N) is 5. The molecule has 3 N–H and O–H groups in total. The molecular formula is C31H34N8O3. The maximum absolute atomic E-state index is 13.2. The Morgan fingerprint density at radius 2 is 1.90 bits per heavy atom. The van der Waals surface area contributed by atoms with Gasteiger partial charge in [-0.2, -0.15) is 0 Å². The number of hydrogen-bond acceptors (Lipinski definition) is 8. The first-order chi connectivity index (χ1) is 20.6. The number of benzene rings is 1. The molecule has 4 aromatic rings. The Labute approximate surface area is 244 Å². The van der Waals surface area contributed by atoms with E-state index in [9.17, 15) is 9.59 Å². The highest BCUT2D eigenvalue weighted by Crippen LogP contribution is 2.29. The second kappa shape index (κ2) is 12.4. The first kappa shape index (κ1) is 27.4. The van der Waals surface area contributed by atoms with Crippen LogP contribution in [-0.2, 0) is 16.1 Å². The van der Waals surface area contributed by atoms with E-state index in [1.807, 2.05) is 18.2 Å². The number of piperidine rings is 1. The lowest BCUT2D eigenvalue weighted by molar-refractivity contribution is -0.117. The summed E-state index contributed by atoms with van der Waals surface area (Å²) >= 11 is 0. The van der Waals surface area contributed by atoms with Crippen molar-refractivity contribution in [1.29, 1.82) is 0 Å². The van der Waals surface area contributed by atoms with Gasteiger partial charge in [0.25, 0.3) is 5.91 Å². The van der Waals surface area contributed by atoms with Gasteiger partial charge in [-0.3, -0.25) is 14.6 Å². The molecule has 5 heterocycles. The van der Waals surface area contributed by atoms with E-state index in [1.165, 1.54) is 6.08 Å². The number of anilines is 2. The number of pyridine rings is 1. The molecule has 3 aromatic heterocycles. The average Bonchev–Trinajstić information content (AvgIpc) is 3.49. The van der Waals surface area contributed by atoms with Gasteiger partial charge >= 0.3 is 0 Å². The van der Waals surface area contributed by atoms with E-state index in [1.54, 1.807) is 23.5 Å². The van der Waals surface area contributed by atoms with E-state index in [0.717, 1.165) is 65.4 Å². The molecule has 1 aromatic carbocycles. The van der Waals surface area contributed by atoms with E-state index in [-0.39, 0.29) is 17.9 Å². The average molecular weight is 567 g/mol. The molecule has 0 saturated carbocycles. The summed E-state index contributed by atoms with van der Waals surface area (Å²) in [5.74, 6) is 0.658. The predicted molar refractivity (Wildman–Crippen MR) is 161 cm³/mol. The van der Waals surface area contributed by atoms with Crippen LogP contribution in [0.3, 0.4) is 0 Å². The van der Waals surface area contributed by atoms with Crippen LogP contribution >= 0.6 is 0 Å². The highest BCUT2D eigenvalue weighted by molar-refractivity contribution is 5.94. The molecule has 2 amide bonds. The van der Waals surface area contributed by atoms with E-state index < -0.39 is 0 Å². The number of aromatic nitrogens is 4. The van der Waals surface area contributed by atoms with Crippen LogP contribution in [0.15, 0.2) is 67.6 Å². The Morgan fingerprint density at radius 3 is 2.71 bits per heavy atom. The Hall–Kier alpha value is -4.77. The molecule has 1 unspecified atom stereocenters. The van der Waals surface area contributed by atoms with Crippen molar-refractivity contribution in [3.8, 4) is 11.3 Å². The molecule has 0 radical (unpaired) electrons. The number of amides is 2. The first-order valence-electron chi connectivity index (χ1n) is 14.3. The number of carbonyl (C=O) groups excluding carboxylic acids is 2. The highest BCUT2D eigenvalue weighted by atomic mass is 16.5. The minimum atomic E-state index is -0.215. The quantitative estimate of drug-likeness (QED) is 0.277. The van der Waals surface area contributed by atoms with Gasteiger partial charge in [-0.05, 0) is 54.8 Å². The molecule has 6 rings (SSSR count). The molecule has 2 aliphatic heterocycles. The summed E-state index contributed by atoms with van der Waals surface area (Å²) in [6.07, 6.45) is 6.21. The maximum atomic E-state index is 13.2. The normalized spacial score (nSPS) is 17.2. The fraction of sp³-hybridized carbons (Fsp3) is 0.323. The van der Waals surface area contributed by atoms with Crippen molar-refractivity contribution in [3.05, 3.63) is 78.9 Å². The van der Waals surface area contributed by atoms with Crippen LogP contribution in [0.25, 0.3) is 22.3 Å². The smallest absolute Gasteiger partial charge is 0.254 e. The number of H-pyrrole nitrogens is 1. The molecule has 1 atom stereocenters. The number of hydrogen-bond donors (Lipinski definition) is 3. The summed E-state index contributed by atoms with van der Waals surface area (Å²) in [4.78, 5) is 45.8. The lowest BCUT2D eigenvalue weighted by atomic mass is 10.0. The summed E-state index contributed by atoms with van der Waals surface area (Å²) in [7, 11) is 0. The SMILES string of the molecule is C=CC(=O)NC1CCCN(C(=O)c2ccnc(CNc3ccc(-c4cc5c(N6CCOCC6)ncnc5[nH]4)cc3)c2)C1. The van der Waals surface area contributed by atoms with Crippen molar-refractivity contribution in [2.45, 2.75) is 25.4 Å². The summed E-state index contributed by atoms with van der Waals surface area (Å²) < 4.78 is 5.49. The molecule has 11 heteroatoms. The van der Waals surface area contributed by atoms with Gasteiger partial charge in [0.05, 0.1) is 30.8 Å². The summed E-state index contributed by atoms with van der Waals surface area (Å²) in [5, 5.41) is 7.31. The molecule has 42 heavy (non-hydrogen) atoms. The summed E-state index contributed by atoms with van der Waals surface area (Å²) in [6, 6.07) is 13.8. The van der Waals surface area contributed by atoms with Crippen LogP contribution in [0.2, 0.25) is 0 Å². The molecule has 216 valence electrons. The Kier molecular flexibility index (Phi) is 8.09. The molecule has 0 aliphatic carbocycles. The van der Waals surface area contributed by atoms with E-state index in [2.05, 4.69) is 60.2 Å². The number of fused-ring (bicyclic) bond motifs is 1. The molecule has 0 bridgehead atoms. The van der Waals surface area contributed by atoms with Crippen molar-refractivity contribution in [3.63, 3.8) is 0 Å². The van der Waals surface area contributed by atoms with Gasteiger partial charge in [-0.25, -0.2) is 9.97 Å². The fourth-order valence-electron chi connectivity index (χ4n) is 5.50. The number of rotatable bonds is 8. The Morgan fingerprint density at radius 1 is 1.07 bits per heavy atom. The zero-order valence-electron chi connectivity index (χ0n) is 23.4. The minimum absolute atomic E-state index is 0.0552. The lowest BCUT2D eigenvalue weighted by Gasteiger charge is -2.33. The van der Waals surface area contributed by atoms with Crippen molar-refractivity contribution in [1.82, 2.24) is 30.2 Å². The third kappa shape index (κ3) is 6.10. The molecule has 2 saturated heterocycles. The van der Waals surface area contributed by atoms with Crippen LogP contribution in [0.1, 0.15) is 28.9 Å². The topological polar surface area (TPSA) is 128 Å². The minimum Gasteiger partial charge on any atom is -0.379 e. The van der Waals surface area contributed by atoms with Gasteiger partial charge in [0.1, 0.15) is 17.8 Å². The van der Waals surface area contributed by atoms with Crippen molar-refractivity contribution in [2.75, 3.05) is 49.6 Å². The van der Waals surface area contributed by atoms with Crippen molar-refractivity contribution < 1.29 is 14.3 Å². The number of ether oxygens (including phenoxy) is 1. The largest absolute Gasteiger partial charge is 0.379 e. The van der Waals surface area contributed by atoms with Crippen LogP contribution in [0.4, 0.5) is 11.5 Å². The van der Waals surface area contributed by atoms with Crippen molar-refractivity contribution >= 4 is 34.4 Å². The van der Waals surface area contributed by atoms with E-state index in [0.29, 0.717) is 38.4 Å². The van der Waals surface area contributed by atoms with Gasteiger partial charge in [0, 0.05) is 55.4 Å².